The molecule has 2 heteroatoms. The molecule has 0 spiro atoms. The largest absolute Gasteiger partial charge is 0.374 e. The molecule has 0 saturated heterocycles. The van der Waals surface area contributed by atoms with Crippen molar-refractivity contribution in [2.24, 2.45) is 0 Å². The van der Waals surface area contributed by atoms with Gasteiger partial charge in [0, 0.05) is 6.04 Å². The summed E-state index contributed by atoms with van der Waals surface area (Å²) in [4.78, 5) is 0. The Balaban J connectivity index is 2.40. The molecule has 0 aromatic carbocycles. The molecule has 1 N–H and O–H groups in total. The second-order valence-electron chi connectivity index (χ2n) is 2.43. The molecule has 0 saturated carbocycles. The number of nitrogens with one attached hydrogen (secondary N) is 1. The van der Waals surface area contributed by atoms with Crippen molar-refractivity contribution in [3.63, 3.8) is 0 Å². The Labute approximate surface area is 66.1 Å². The number of hydrogen-bond acceptors (Lipinski definition) is 2. The van der Waals surface area contributed by atoms with E-state index in [1.807, 2.05) is 0 Å². The molecular formula is C8H13NS. The standard InChI is InChI=1S/C8H13NS/c1-3-7(2)9-8-5-4-6-10-8/h4-7,9H,3H2,1-2H3/t7-/m0/s1. The fraction of sp³-hybridized carbons (Fsp3) is 0.500. The lowest BCUT2D eigenvalue weighted by molar-refractivity contribution is 0.767. The Morgan fingerprint density at radius 1 is 1.70 bits per heavy atom. The van der Waals surface area contributed by atoms with Crippen molar-refractivity contribution in [1.82, 2.24) is 0 Å². The number of hydrogen-bond donors (Lipinski definition) is 1. The van der Waals surface area contributed by atoms with Crippen molar-refractivity contribution < 1.29 is 0 Å². The number of anilines is 1. The Bertz CT molecular complexity index is 169. The maximum atomic E-state index is 3.39. The minimum absolute atomic E-state index is 0.596. The van der Waals surface area contributed by atoms with Gasteiger partial charge in [0.15, 0.2) is 0 Å². The summed E-state index contributed by atoms with van der Waals surface area (Å²) in [5.74, 6) is 0. The molecule has 1 atom stereocenters. The highest BCUT2D eigenvalue weighted by atomic mass is 32.1. The van der Waals surface area contributed by atoms with Crippen LogP contribution in [0.15, 0.2) is 17.5 Å². The summed E-state index contributed by atoms with van der Waals surface area (Å²) in [5.41, 5.74) is 0. The highest BCUT2D eigenvalue weighted by Crippen LogP contribution is 2.16. The summed E-state index contributed by atoms with van der Waals surface area (Å²) in [6.07, 6.45) is 1.18. The Hall–Kier alpha value is -0.500. The summed E-state index contributed by atoms with van der Waals surface area (Å²) < 4.78 is 0. The Morgan fingerprint density at radius 2 is 2.50 bits per heavy atom. The Morgan fingerprint density at radius 3 is 3.00 bits per heavy atom. The molecule has 0 radical (unpaired) electrons. The maximum Gasteiger partial charge on any atom is 0.0884 e. The lowest BCUT2D eigenvalue weighted by Crippen LogP contribution is -2.11. The molecular weight excluding hydrogens is 142 g/mol. The van der Waals surface area contributed by atoms with Gasteiger partial charge in [0.05, 0.1) is 5.00 Å². The van der Waals surface area contributed by atoms with Crippen LogP contribution in [0.5, 0.6) is 0 Å². The first-order chi connectivity index (χ1) is 4.83. The van der Waals surface area contributed by atoms with Crippen LogP contribution in [0, 0.1) is 0 Å². The minimum atomic E-state index is 0.596. The highest BCUT2D eigenvalue weighted by Gasteiger charge is 1.97. The molecule has 0 bridgehead atoms. The van der Waals surface area contributed by atoms with Crippen molar-refractivity contribution in [3.05, 3.63) is 17.5 Å². The van der Waals surface area contributed by atoms with Crippen LogP contribution in [0.2, 0.25) is 0 Å². The van der Waals surface area contributed by atoms with Crippen molar-refractivity contribution in [2.75, 3.05) is 5.32 Å². The van der Waals surface area contributed by atoms with E-state index >= 15 is 0 Å². The first-order valence-corrected chi connectivity index (χ1v) is 4.51. The third-order valence-electron chi connectivity index (χ3n) is 1.52. The maximum absolute atomic E-state index is 3.39. The molecule has 1 aromatic rings. The summed E-state index contributed by atoms with van der Waals surface area (Å²) in [6, 6.07) is 4.77. The van der Waals surface area contributed by atoms with Gasteiger partial charge in [-0.1, -0.05) is 6.92 Å². The third kappa shape index (κ3) is 2.03. The van der Waals surface area contributed by atoms with E-state index in [1.54, 1.807) is 11.3 Å². The van der Waals surface area contributed by atoms with Crippen molar-refractivity contribution >= 4 is 16.3 Å². The van der Waals surface area contributed by atoms with Gasteiger partial charge < -0.3 is 5.32 Å². The van der Waals surface area contributed by atoms with E-state index in [0.717, 1.165) is 0 Å². The SMILES string of the molecule is CC[C@H](C)Nc1cccs1. The predicted octanol–water partition coefficient (Wildman–Crippen LogP) is 2.96. The average Bonchev–Trinajstić information content (AvgIpc) is 2.40. The van der Waals surface area contributed by atoms with Crippen LogP contribution in [-0.2, 0) is 0 Å². The summed E-state index contributed by atoms with van der Waals surface area (Å²) in [5, 5.41) is 6.75. The van der Waals surface area contributed by atoms with Gasteiger partial charge in [0.2, 0.25) is 0 Å². The lowest BCUT2D eigenvalue weighted by atomic mass is 10.3. The highest BCUT2D eigenvalue weighted by molar-refractivity contribution is 7.14. The molecule has 1 rings (SSSR count). The van der Waals surface area contributed by atoms with E-state index in [2.05, 4.69) is 36.7 Å². The molecule has 0 amide bonds. The third-order valence-corrected chi connectivity index (χ3v) is 2.32. The minimum Gasteiger partial charge on any atom is -0.374 e. The molecule has 0 aliphatic rings. The van der Waals surface area contributed by atoms with Gasteiger partial charge in [-0.15, -0.1) is 11.3 Å². The molecule has 1 nitrogen and oxygen atoms in total. The van der Waals surface area contributed by atoms with Crippen LogP contribution in [0.4, 0.5) is 5.00 Å². The summed E-state index contributed by atoms with van der Waals surface area (Å²) in [6.45, 7) is 4.38. The quantitative estimate of drug-likeness (QED) is 0.707. The summed E-state index contributed by atoms with van der Waals surface area (Å²) in [7, 11) is 0. The molecule has 1 heterocycles. The van der Waals surface area contributed by atoms with Crippen molar-refractivity contribution in [3.8, 4) is 0 Å². The van der Waals surface area contributed by atoms with Gasteiger partial charge in [-0.05, 0) is 30.9 Å². The molecule has 1 aromatic heterocycles. The van der Waals surface area contributed by atoms with E-state index < -0.39 is 0 Å². The van der Waals surface area contributed by atoms with Crippen molar-refractivity contribution in [1.29, 1.82) is 0 Å². The molecule has 0 unspecified atom stereocenters. The number of thiophene rings is 1. The first kappa shape index (κ1) is 7.61. The van der Waals surface area contributed by atoms with Gasteiger partial charge in [-0.25, -0.2) is 0 Å². The second kappa shape index (κ2) is 3.62. The fourth-order valence-electron chi connectivity index (χ4n) is 0.706. The van der Waals surface area contributed by atoms with E-state index in [0.29, 0.717) is 6.04 Å². The first-order valence-electron chi connectivity index (χ1n) is 3.63. The summed E-state index contributed by atoms with van der Waals surface area (Å²) >= 11 is 1.76. The lowest BCUT2D eigenvalue weighted by Gasteiger charge is -2.09. The zero-order chi connectivity index (χ0) is 7.40. The van der Waals surface area contributed by atoms with Crippen LogP contribution in [0.25, 0.3) is 0 Å². The molecule has 0 fully saturated rings. The molecule has 0 aliphatic heterocycles. The van der Waals surface area contributed by atoms with E-state index in [-0.39, 0.29) is 0 Å². The fourth-order valence-corrected chi connectivity index (χ4v) is 1.44. The van der Waals surface area contributed by atoms with Gasteiger partial charge >= 0.3 is 0 Å². The second-order valence-corrected chi connectivity index (χ2v) is 3.38. The van der Waals surface area contributed by atoms with Crippen LogP contribution in [0.1, 0.15) is 20.3 Å². The molecule has 56 valence electrons. The van der Waals surface area contributed by atoms with E-state index in [1.165, 1.54) is 11.4 Å². The van der Waals surface area contributed by atoms with E-state index in [4.69, 9.17) is 0 Å². The zero-order valence-electron chi connectivity index (χ0n) is 6.42. The Kier molecular flexibility index (Phi) is 2.75. The van der Waals surface area contributed by atoms with Crippen molar-refractivity contribution in [2.45, 2.75) is 26.3 Å². The normalized spacial score (nSPS) is 13.0. The average molecular weight is 155 g/mol. The topological polar surface area (TPSA) is 12.0 Å². The molecule has 0 aliphatic carbocycles. The number of rotatable bonds is 3. The molecule has 10 heavy (non-hydrogen) atoms. The van der Waals surface area contributed by atoms with Crippen LogP contribution in [-0.4, -0.2) is 6.04 Å². The van der Waals surface area contributed by atoms with E-state index in [9.17, 15) is 0 Å². The van der Waals surface area contributed by atoms with Gasteiger partial charge in [0.1, 0.15) is 0 Å². The van der Waals surface area contributed by atoms with Crippen LogP contribution in [0.3, 0.4) is 0 Å². The van der Waals surface area contributed by atoms with Gasteiger partial charge in [0.25, 0.3) is 0 Å². The zero-order valence-corrected chi connectivity index (χ0v) is 7.24. The smallest absolute Gasteiger partial charge is 0.0884 e. The van der Waals surface area contributed by atoms with Crippen LogP contribution < -0.4 is 5.32 Å². The predicted molar refractivity (Wildman–Crippen MR) is 47.7 cm³/mol. The van der Waals surface area contributed by atoms with Gasteiger partial charge in [-0.2, -0.15) is 0 Å². The van der Waals surface area contributed by atoms with Crippen LogP contribution >= 0.6 is 11.3 Å². The van der Waals surface area contributed by atoms with Gasteiger partial charge in [-0.3, -0.25) is 0 Å². The monoisotopic (exact) mass is 155 g/mol.